The van der Waals surface area contributed by atoms with Crippen LogP contribution in [-0.4, -0.2) is 34.7 Å². The Balaban J connectivity index is 2.03. The third-order valence-electron chi connectivity index (χ3n) is 5.23. The Morgan fingerprint density at radius 3 is 2.32 bits per heavy atom. The van der Waals surface area contributed by atoms with Crippen LogP contribution in [0.2, 0.25) is 0 Å². The lowest BCUT2D eigenvalue weighted by Gasteiger charge is -2.27. The van der Waals surface area contributed by atoms with E-state index in [1.165, 1.54) is 12.8 Å². The predicted molar refractivity (Wildman–Crippen MR) is 124 cm³/mol. The zero-order valence-electron chi connectivity index (χ0n) is 19.0. The molecule has 168 valence electrons. The van der Waals surface area contributed by atoms with E-state index in [4.69, 9.17) is 4.42 Å². The molecular weight excluding hydrogens is 388 g/mol. The molecule has 0 unspecified atom stereocenters. The van der Waals surface area contributed by atoms with Gasteiger partial charge in [-0.25, -0.2) is 0 Å². The number of nitrogens with zero attached hydrogens (tertiary/aromatic N) is 2. The fourth-order valence-corrected chi connectivity index (χ4v) is 3.51. The number of aryl methyl sites for hydroxylation is 1. The van der Waals surface area contributed by atoms with Gasteiger partial charge in [-0.3, -0.25) is 9.59 Å². The Bertz CT molecular complexity index is 813. The second-order valence-electron chi connectivity index (χ2n) is 7.97. The standard InChI is InChI=1S/C26H36N2O3/c1-4-6-7-8-12-15-25(29)27(18-5-2)21-26(30)28(19-23-13-10-9-11-14-23)20-24-17-16-22(3)31-24/h5,9-11,13-14,16-17H,2,4,6-8,12,15,18-21H2,1,3H3. The summed E-state index contributed by atoms with van der Waals surface area (Å²) >= 11 is 0. The molecule has 0 radical (unpaired) electrons. The molecule has 0 spiro atoms. The van der Waals surface area contributed by atoms with Gasteiger partial charge in [-0.15, -0.1) is 6.58 Å². The lowest BCUT2D eigenvalue weighted by Crippen LogP contribution is -2.42. The van der Waals surface area contributed by atoms with Crippen molar-refractivity contribution < 1.29 is 14.0 Å². The lowest BCUT2D eigenvalue weighted by molar-refractivity contribution is -0.141. The van der Waals surface area contributed by atoms with E-state index in [0.717, 1.165) is 36.3 Å². The van der Waals surface area contributed by atoms with Gasteiger partial charge in [0.25, 0.3) is 0 Å². The van der Waals surface area contributed by atoms with Crippen LogP contribution in [-0.2, 0) is 22.7 Å². The van der Waals surface area contributed by atoms with Gasteiger partial charge in [0.1, 0.15) is 18.1 Å². The molecule has 2 aromatic rings. The molecule has 1 aromatic heterocycles. The summed E-state index contributed by atoms with van der Waals surface area (Å²) in [7, 11) is 0. The Labute approximate surface area is 186 Å². The van der Waals surface area contributed by atoms with Gasteiger partial charge in [0.15, 0.2) is 0 Å². The topological polar surface area (TPSA) is 53.8 Å². The highest BCUT2D eigenvalue weighted by Gasteiger charge is 2.21. The first-order valence-electron chi connectivity index (χ1n) is 11.3. The minimum absolute atomic E-state index is 0.0123. The third-order valence-corrected chi connectivity index (χ3v) is 5.23. The van der Waals surface area contributed by atoms with Gasteiger partial charge in [0, 0.05) is 19.5 Å². The van der Waals surface area contributed by atoms with Crippen LogP contribution in [0.25, 0.3) is 0 Å². The van der Waals surface area contributed by atoms with Gasteiger partial charge in [0.05, 0.1) is 6.54 Å². The van der Waals surface area contributed by atoms with Crippen LogP contribution in [0.3, 0.4) is 0 Å². The molecule has 5 heteroatoms. The van der Waals surface area contributed by atoms with Crippen molar-refractivity contribution in [1.82, 2.24) is 9.80 Å². The van der Waals surface area contributed by atoms with Crippen LogP contribution in [0.5, 0.6) is 0 Å². The summed E-state index contributed by atoms with van der Waals surface area (Å²) in [4.78, 5) is 29.3. The van der Waals surface area contributed by atoms with E-state index in [1.54, 1.807) is 15.9 Å². The summed E-state index contributed by atoms with van der Waals surface area (Å²) in [6, 6.07) is 13.7. The van der Waals surface area contributed by atoms with E-state index in [-0.39, 0.29) is 18.4 Å². The van der Waals surface area contributed by atoms with E-state index < -0.39 is 0 Å². The number of furan rings is 1. The van der Waals surface area contributed by atoms with Crippen molar-refractivity contribution in [2.75, 3.05) is 13.1 Å². The Morgan fingerprint density at radius 2 is 1.68 bits per heavy atom. The number of hydrogen-bond acceptors (Lipinski definition) is 3. The molecule has 1 heterocycles. The second-order valence-corrected chi connectivity index (χ2v) is 7.97. The smallest absolute Gasteiger partial charge is 0.242 e. The number of carbonyl (C=O) groups is 2. The molecule has 0 bridgehead atoms. The van der Waals surface area contributed by atoms with Gasteiger partial charge >= 0.3 is 0 Å². The minimum atomic E-state index is -0.0981. The number of hydrogen-bond donors (Lipinski definition) is 0. The molecule has 0 aliphatic carbocycles. The molecule has 31 heavy (non-hydrogen) atoms. The van der Waals surface area contributed by atoms with Crippen molar-refractivity contribution in [2.24, 2.45) is 0 Å². The van der Waals surface area contributed by atoms with Crippen LogP contribution in [0.15, 0.2) is 59.5 Å². The zero-order valence-corrected chi connectivity index (χ0v) is 19.0. The third kappa shape index (κ3) is 8.83. The molecule has 0 saturated carbocycles. The molecule has 2 rings (SSSR count). The van der Waals surface area contributed by atoms with Crippen molar-refractivity contribution in [3.8, 4) is 0 Å². The maximum absolute atomic E-state index is 13.2. The van der Waals surface area contributed by atoms with Gasteiger partial charge in [-0.2, -0.15) is 0 Å². The van der Waals surface area contributed by atoms with Crippen LogP contribution >= 0.6 is 0 Å². The van der Waals surface area contributed by atoms with Crippen molar-refractivity contribution >= 4 is 11.8 Å². The molecule has 0 aliphatic heterocycles. The Hall–Kier alpha value is -2.82. The van der Waals surface area contributed by atoms with E-state index in [2.05, 4.69) is 13.5 Å². The zero-order chi connectivity index (χ0) is 22.5. The highest BCUT2D eigenvalue weighted by molar-refractivity contribution is 5.85. The molecule has 0 atom stereocenters. The average molecular weight is 425 g/mol. The molecule has 0 N–H and O–H groups in total. The molecule has 2 amide bonds. The van der Waals surface area contributed by atoms with E-state index in [9.17, 15) is 9.59 Å². The Morgan fingerprint density at radius 1 is 0.935 bits per heavy atom. The summed E-state index contributed by atoms with van der Waals surface area (Å²) in [6.07, 6.45) is 7.59. The first-order valence-corrected chi connectivity index (χ1v) is 11.3. The normalized spacial score (nSPS) is 10.6. The summed E-state index contributed by atoms with van der Waals surface area (Å²) in [5.41, 5.74) is 1.04. The van der Waals surface area contributed by atoms with Crippen LogP contribution in [0.1, 0.15) is 62.5 Å². The van der Waals surface area contributed by atoms with Crippen molar-refractivity contribution in [1.29, 1.82) is 0 Å². The van der Waals surface area contributed by atoms with Crippen molar-refractivity contribution in [2.45, 2.75) is 65.5 Å². The minimum Gasteiger partial charge on any atom is -0.464 e. The fraction of sp³-hybridized carbons (Fsp3) is 0.462. The Kier molecular flexibility index (Phi) is 10.6. The maximum Gasteiger partial charge on any atom is 0.242 e. The molecule has 0 aliphatic rings. The lowest BCUT2D eigenvalue weighted by atomic mass is 10.1. The monoisotopic (exact) mass is 424 g/mol. The highest BCUT2D eigenvalue weighted by Crippen LogP contribution is 2.14. The molecule has 0 saturated heterocycles. The average Bonchev–Trinajstić information content (AvgIpc) is 3.18. The molecule has 0 fully saturated rings. The quantitative estimate of drug-likeness (QED) is 0.298. The summed E-state index contributed by atoms with van der Waals surface area (Å²) in [5.74, 6) is 1.46. The van der Waals surface area contributed by atoms with Crippen LogP contribution in [0.4, 0.5) is 0 Å². The second kappa shape index (κ2) is 13.5. The van der Waals surface area contributed by atoms with E-state index in [1.807, 2.05) is 49.4 Å². The van der Waals surface area contributed by atoms with Crippen molar-refractivity contribution in [3.05, 3.63) is 72.2 Å². The summed E-state index contributed by atoms with van der Waals surface area (Å²) < 4.78 is 5.70. The van der Waals surface area contributed by atoms with Gasteiger partial charge in [-0.1, -0.05) is 69.0 Å². The van der Waals surface area contributed by atoms with E-state index in [0.29, 0.717) is 26.1 Å². The SMILES string of the molecule is C=CCN(CC(=O)N(Cc1ccccc1)Cc1ccc(C)o1)C(=O)CCCCCCC. The largest absolute Gasteiger partial charge is 0.464 e. The number of unbranched alkanes of at least 4 members (excludes halogenated alkanes) is 4. The van der Waals surface area contributed by atoms with Crippen LogP contribution < -0.4 is 0 Å². The van der Waals surface area contributed by atoms with Gasteiger partial charge in [-0.05, 0) is 31.0 Å². The molecular formula is C26H36N2O3. The highest BCUT2D eigenvalue weighted by atomic mass is 16.3. The number of benzene rings is 1. The number of amides is 2. The number of carbonyl (C=O) groups excluding carboxylic acids is 2. The van der Waals surface area contributed by atoms with Gasteiger partial charge < -0.3 is 14.2 Å². The van der Waals surface area contributed by atoms with Crippen molar-refractivity contribution in [3.63, 3.8) is 0 Å². The first-order chi connectivity index (χ1) is 15.0. The first kappa shape index (κ1) is 24.4. The molecule has 1 aromatic carbocycles. The predicted octanol–water partition coefficient (Wildman–Crippen LogP) is 5.49. The maximum atomic E-state index is 13.2. The van der Waals surface area contributed by atoms with Crippen LogP contribution in [0, 0.1) is 6.92 Å². The van der Waals surface area contributed by atoms with E-state index >= 15 is 0 Å². The summed E-state index contributed by atoms with van der Waals surface area (Å²) in [6.45, 7) is 9.08. The number of rotatable bonds is 14. The molecule has 5 nitrogen and oxygen atoms in total. The summed E-state index contributed by atoms with van der Waals surface area (Å²) in [5, 5.41) is 0. The van der Waals surface area contributed by atoms with Gasteiger partial charge in [0.2, 0.25) is 11.8 Å². The fourth-order valence-electron chi connectivity index (χ4n) is 3.51.